The lowest BCUT2D eigenvalue weighted by molar-refractivity contribution is -0.00539. The summed E-state index contributed by atoms with van der Waals surface area (Å²) in [5.74, 6) is 0.754. The fourth-order valence-electron chi connectivity index (χ4n) is 4.75. The Labute approximate surface area is 203 Å². The molecule has 0 spiro atoms. The van der Waals surface area contributed by atoms with Crippen LogP contribution in [0.5, 0.6) is 0 Å². The molecule has 2 atom stereocenters. The highest BCUT2D eigenvalue weighted by atomic mass is 19.1. The molecule has 0 aliphatic carbocycles. The van der Waals surface area contributed by atoms with Crippen molar-refractivity contribution in [1.82, 2.24) is 20.0 Å². The molecule has 4 heterocycles. The van der Waals surface area contributed by atoms with Crippen LogP contribution in [0.15, 0.2) is 47.1 Å². The van der Waals surface area contributed by atoms with E-state index in [1.807, 2.05) is 36.9 Å². The number of carbonyl (C=O) groups is 1. The minimum atomic E-state index is -0.358. The summed E-state index contributed by atoms with van der Waals surface area (Å²) in [6.07, 6.45) is 3.17. The predicted molar refractivity (Wildman–Crippen MR) is 129 cm³/mol. The number of anilines is 2. The van der Waals surface area contributed by atoms with Crippen molar-refractivity contribution >= 4 is 17.4 Å². The maximum absolute atomic E-state index is 14.9. The lowest BCUT2D eigenvalue weighted by Crippen LogP contribution is -2.45. The van der Waals surface area contributed by atoms with Gasteiger partial charge in [-0.25, -0.2) is 9.18 Å². The standard InChI is InChI=1S/C25H29FN6O3/c1-16-14-32(15-17(2)34-16)22-7-6-19(13-20(22)26)28-25(33)31-11-8-18(9-12-31)24-29-23(30-35-24)21-5-3-4-10-27-21/h3-7,10,13,16-18H,8-9,11-12,14-15H2,1-2H3,(H,28,33). The maximum Gasteiger partial charge on any atom is 0.321 e. The third kappa shape index (κ3) is 5.27. The summed E-state index contributed by atoms with van der Waals surface area (Å²) in [5.41, 5.74) is 1.62. The average molecular weight is 481 g/mol. The molecule has 2 unspecified atom stereocenters. The summed E-state index contributed by atoms with van der Waals surface area (Å²) in [6, 6.07) is 10.1. The lowest BCUT2D eigenvalue weighted by Gasteiger charge is -2.37. The van der Waals surface area contributed by atoms with Crippen LogP contribution in [0.3, 0.4) is 0 Å². The van der Waals surface area contributed by atoms with E-state index >= 15 is 0 Å². The molecule has 5 rings (SSSR count). The van der Waals surface area contributed by atoms with Gasteiger partial charge in [0, 0.05) is 44.0 Å². The van der Waals surface area contributed by atoms with E-state index in [0.29, 0.717) is 67.8 Å². The minimum absolute atomic E-state index is 0.0363. The lowest BCUT2D eigenvalue weighted by atomic mass is 9.97. The van der Waals surface area contributed by atoms with E-state index in [9.17, 15) is 9.18 Å². The van der Waals surface area contributed by atoms with Gasteiger partial charge in [0.1, 0.15) is 11.5 Å². The Morgan fingerprint density at radius 2 is 1.89 bits per heavy atom. The largest absolute Gasteiger partial charge is 0.372 e. The number of piperidine rings is 1. The Morgan fingerprint density at radius 3 is 2.57 bits per heavy atom. The molecule has 9 nitrogen and oxygen atoms in total. The molecular formula is C25H29FN6O3. The Kier molecular flexibility index (Phi) is 6.63. The molecule has 35 heavy (non-hydrogen) atoms. The third-order valence-corrected chi connectivity index (χ3v) is 6.43. The summed E-state index contributed by atoms with van der Waals surface area (Å²) in [6.45, 7) is 6.31. The van der Waals surface area contributed by atoms with Crippen molar-refractivity contribution in [1.29, 1.82) is 0 Å². The Bertz CT molecular complexity index is 1160. The molecule has 2 fully saturated rings. The third-order valence-electron chi connectivity index (χ3n) is 6.43. The molecule has 3 aromatic rings. The first-order valence-corrected chi connectivity index (χ1v) is 12.0. The number of amides is 2. The van der Waals surface area contributed by atoms with Crippen molar-refractivity contribution < 1.29 is 18.4 Å². The first kappa shape index (κ1) is 23.2. The number of hydrogen-bond donors (Lipinski definition) is 1. The zero-order valence-corrected chi connectivity index (χ0v) is 19.9. The second-order valence-electron chi connectivity index (χ2n) is 9.19. The molecule has 0 saturated carbocycles. The van der Waals surface area contributed by atoms with Crippen LogP contribution in [0.25, 0.3) is 11.5 Å². The number of carbonyl (C=O) groups excluding carboxylic acids is 1. The molecule has 2 aliphatic heterocycles. The van der Waals surface area contributed by atoms with E-state index in [4.69, 9.17) is 9.26 Å². The van der Waals surface area contributed by atoms with E-state index < -0.39 is 0 Å². The molecule has 0 bridgehead atoms. The molecule has 184 valence electrons. The van der Waals surface area contributed by atoms with Gasteiger partial charge in [-0.05, 0) is 57.0 Å². The number of aromatic nitrogens is 3. The van der Waals surface area contributed by atoms with Gasteiger partial charge in [0.2, 0.25) is 11.7 Å². The Morgan fingerprint density at radius 1 is 1.11 bits per heavy atom. The quantitative estimate of drug-likeness (QED) is 0.595. The number of pyridine rings is 1. The van der Waals surface area contributed by atoms with E-state index in [-0.39, 0.29) is 30.0 Å². The van der Waals surface area contributed by atoms with Gasteiger partial charge in [0.25, 0.3) is 0 Å². The number of halogens is 1. The Balaban J connectivity index is 1.16. The zero-order valence-electron chi connectivity index (χ0n) is 19.9. The number of rotatable bonds is 4. The van der Waals surface area contributed by atoms with Crippen molar-refractivity contribution in [2.24, 2.45) is 0 Å². The highest BCUT2D eigenvalue weighted by Gasteiger charge is 2.28. The maximum atomic E-state index is 14.9. The molecule has 1 aromatic carbocycles. The second-order valence-corrected chi connectivity index (χ2v) is 9.19. The number of hydrogen-bond acceptors (Lipinski definition) is 7. The minimum Gasteiger partial charge on any atom is -0.372 e. The van der Waals surface area contributed by atoms with Gasteiger partial charge in [-0.3, -0.25) is 4.98 Å². The normalized spacial score (nSPS) is 21.2. The van der Waals surface area contributed by atoms with Crippen molar-refractivity contribution in [3.05, 3.63) is 54.3 Å². The number of likely N-dealkylation sites (tertiary alicyclic amines) is 1. The summed E-state index contributed by atoms with van der Waals surface area (Å²) < 4.78 is 26.1. The summed E-state index contributed by atoms with van der Waals surface area (Å²) in [4.78, 5) is 25.2. The van der Waals surface area contributed by atoms with Crippen molar-refractivity contribution in [3.63, 3.8) is 0 Å². The van der Waals surface area contributed by atoms with Gasteiger partial charge in [0.05, 0.1) is 17.9 Å². The predicted octanol–water partition coefficient (Wildman–Crippen LogP) is 4.30. The van der Waals surface area contributed by atoms with E-state index in [1.165, 1.54) is 6.07 Å². The number of urea groups is 1. The molecule has 0 radical (unpaired) electrons. The van der Waals surface area contributed by atoms with Crippen molar-refractivity contribution in [3.8, 4) is 11.5 Å². The van der Waals surface area contributed by atoms with Crippen LogP contribution in [-0.2, 0) is 4.74 Å². The van der Waals surface area contributed by atoms with Crippen LogP contribution < -0.4 is 10.2 Å². The van der Waals surface area contributed by atoms with Crippen molar-refractivity contribution in [2.75, 3.05) is 36.4 Å². The van der Waals surface area contributed by atoms with Crippen LogP contribution in [0.1, 0.15) is 38.5 Å². The topological polar surface area (TPSA) is 96.6 Å². The van der Waals surface area contributed by atoms with Gasteiger partial charge in [0.15, 0.2) is 0 Å². The summed E-state index contributed by atoms with van der Waals surface area (Å²) in [5, 5.41) is 6.87. The number of ether oxygens (including phenoxy) is 1. The number of nitrogens with zero attached hydrogens (tertiary/aromatic N) is 5. The molecule has 2 amide bonds. The van der Waals surface area contributed by atoms with Crippen LogP contribution in [0, 0.1) is 5.82 Å². The fraction of sp³-hybridized carbons (Fsp3) is 0.440. The van der Waals surface area contributed by atoms with Gasteiger partial charge < -0.3 is 24.4 Å². The number of nitrogens with one attached hydrogen (secondary N) is 1. The highest BCUT2D eigenvalue weighted by Crippen LogP contribution is 2.29. The first-order chi connectivity index (χ1) is 17.0. The van der Waals surface area contributed by atoms with Crippen LogP contribution in [-0.4, -0.2) is 64.4 Å². The van der Waals surface area contributed by atoms with Gasteiger partial charge in [-0.1, -0.05) is 11.2 Å². The van der Waals surface area contributed by atoms with Crippen LogP contribution >= 0.6 is 0 Å². The smallest absolute Gasteiger partial charge is 0.321 e. The number of morpholine rings is 1. The second kappa shape index (κ2) is 9.99. The van der Waals surface area contributed by atoms with Gasteiger partial charge in [-0.15, -0.1) is 0 Å². The van der Waals surface area contributed by atoms with E-state index in [0.717, 1.165) is 0 Å². The summed E-state index contributed by atoms with van der Waals surface area (Å²) >= 11 is 0. The van der Waals surface area contributed by atoms with Crippen LogP contribution in [0.4, 0.5) is 20.6 Å². The van der Waals surface area contributed by atoms with E-state index in [1.54, 1.807) is 23.2 Å². The van der Waals surface area contributed by atoms with E-state index in [2.05, 4.69) is 20.4 Å². The molecular weight excluding hydrogens is 451 g/mol. The number of benzene rings is 1. The molecule has 2 aliphatic rings. The monoisotopic (exact) mass is 480 g/mol. The molecule has 10 heteroatoms. The Hall–Kier alpha value is -3.53. The molecule has 2 aromatic heterocycles. The SMILES string of the molecule is CC1CN(c2ccc(NC(=O)N3CCC(c4nc(-c5ccccn5)no4)CC3)cc2F)CC(C)O1. The highest BCUT2D eigenvalue weighted by molar-refractivity contribution is 5.89. The van der Waals surface area contributed by atoms with Gasteiger partial charge >= 0.3 is 6.03 Å². The molecule has 1 N–H and O–H groups in total. The molecule has 2 saturated heterocycles. The first-order valence-electron chi connectivity index (χ1n) is 12.0. The van der Waals surface area contributed by atoms with Crippen LogP contribution in [0.2, 0.25) is 0 Å². The summed E-state index contributed by atoms with van der Waals surface area (Å²) in [7, 11) is 0. The fourth-order valence-corrected chi connectivity index (χ4v) is 4.75. The zero-order chi connectivity index (χ0) is 24.4. The van der Waals surface area contributed by atoms with Crippen molar-refractivity contribution in [2.45, 2.75) is 44.8 Å². The van der Waals surface area contributed by atoms with Gasteiger partial charge in [-0.2, -0.15) is 4.98 Å². The average Bonchev–Trinajstić information content (AvgIpc) is 3.35.